The molecule has 2 aromatic rings. The van der Waals surface area contributed by atoms with Crippen LogP contribution in [0.2, 0.25) is 0 Å². The van der Waals surface area contributed by atoms with Crippen LogP contribution in [-0.2, 0) is 6.54 Å². The first-order valence-corrected chi connectivity index (χ1v) is 7.30. The first-order chi connectivity index (χ1) is 11.1. The number of hydrogen-bond acceptors (Lipinski definition) is 5. The Morgan fingerprint density at radius 3 is 2.83 bits per heavy atom. The molecule has 0 fully saturated rings. The van der Waals surface area contributed by atoms with Gasteiger partial charge < -0.3 is 5.11 Å². The fourth-order valence-corrected chi connectivity index (χ4v) is 2.53. The smallest absolute Gasteiger partial charge is 0.342 e. The number of aromatic nitrogens is 2. The summed E-state index contributed by atoms with van der Waals surface area (Å²) in [4.78, 5) is 27.5. The van der Waals surface area contributed by atoms with Crippen molar-refractivity contribution in [3.63, 3.8) is 0 Å². The lowest BCUT2D eigenvalue weighted by molar-refractivity contribution is 0.0693. The second-order valence-corrected chi connectivity index (χ2v) is 5.42. The minimum Gasteiger partial charge on any atom is -0.477 e. The van der Waals surface area contributed by atoms with Gasteiger partial charge in [0.05, 0.1) is 5.69 Å². The lowest BCUT2D eigenvalue weighted by atomic mass is 9.97. The first kappa shape index (κ1) is 15.0. The van der Waals surface area contributed by atoms with Crippen LogP contribution in [-0.4, -0.2) is 26.3 Å². The molecule has 1 aliphatic rings. The summed E-state index contributed by atoms with van der Waals surface area (Å²) in [6, 6.07) is 9.45. The van der Waals surface area contributed by atoms with Gasteiger partial charge in [-0.3, -0.25) is 14.8 Å². The summed E-state index contributed by atoms with van der Waals surface area (Å²) in [5.74, 6) is -0.728. The highest BCUT2D eigenvalue weighted by Gasteiger charge is 2.26. The van der Waals surface area contributed by atoms with E-state index in [1.807, 2.05) is 37.3 Å². The predicted octanol–water partition coefficient (Wildman–Crippen LogP) is 1.80. The average molecular weight is 312 g/mol. The van der Waals surface area contributed by atoms with Gasteiger partial charge in [0.15, 0.2) is 5.82 Å². The SMILES string of the molecule is CC1CCn2c(ncc(C(=O)O)c2=O)C1=NNc1ccccc1. The Labute approximate surface area is 132 Å². The third-order valence-corrected chi connectivity index (χ3v) is 3.84. The number of fused-ring (bicyclic) bond motifs is 1. The number of carboxylic acid groups (broad SMARTS) is 1. The maximum Gasteiger partial charge on any atom is 0.342 e. The highest BCUT2D eigenvalue weighted by Crippen LogP contribution is 2.19. The van der Waals surface area contributed by atoms with Crippen molar-refractivity contribution in [1.82, 2.24) is 9.55 Å². The van der Waals surface area contributed by atoms with Gasteiger partial charge in [-0.1, -0.05) is 25.1 Å². The summed E-state index contributed by atoms with van der Waals surface area (Å²) in [6.07, 6.45) is 1.81. The van der Waals surface area contributed by atoms with Gasteiger partial charge in [-0.05, 0) is 18.6 Å². The van der Waals surface area contributed by atoms with Crippen molar-refractivity contribution < 1.29 is 9.90 Å². The van der Waals surface area contributed by atoms with Gasteiger partial charge in [-0.25, -0.2) is 9.78 Å². The number of rotatable bonds is 3. The number of nitrogens with one attached hydrogen (secondary N) is 1. The molecule has 0 radical (unpaired) electrons. The summed E-state index contributed by atoms with van der Waals surface area (Å²) in [5, 5.41) is 13.4. The van der Waals surface area contributed by atoms with E-state index < -0.39 is 11.5 Å². The molecule has 7 heteroatoms. The summed E-state index contributed by atoms with van der Waals surface area (Å²) in [6.45, 7) is 2.44. The van der Waals surface area contributed by atoms with Gasteiger partial charge in [0, 0.05) is 18.7 Å². The van der Waals surface area contributed by atoms with Gasteiger partial charge in [-0.15, -0.1) is 0 Å². The third kappa shape index (κ3) is 2.85. The highest BCUT2D eigenvalue weighted by molar-refractivity contribution is 6.00. The van der Waals surface area contributed by atoms with E-state index in [1.165, 1.54) is 4.57 Å². The summed E-state index contributed by atoms with van der Waals surface area (Å²) < 4.78 is 1.38. The molecule has 118 valence electrons. The van der Waals surface area contributed by atoms with Crippen molar-refractivity contribution in [3.8, 4) is 0 Å². The van der Waals surface area contributed by atoms with Gasteiger partial charge in [0.25, 0.3) is 5.56 Å². The van der Waals surface area contributed by atoms with Gasteiger partial charge in [-0.2, -0.15) is 5.10 Å². The molecule has 1 aromatic carbocycles. The summed E-state index contributed by atoms with van der Waals surface area (Å²) in [7, 11) is 0. The van der Waals surface area contributed by atoms with E-state index in [0.29, 0.717) is 24.5 Å². The molecule has 0 saturated heterocycles. The molecule has 0 amide bonds. The number of benzene rings is 1. The van der Waals surface area contributed by atoms with Crippen LogP contribution in [0.25, 0.3) is 0 Å². The van der Waals surface area contributed by atoms with Crippen molar-refractivity contribution in [2.45, 2.75) is 19.9 Å². The Hall–Kier alpha value is -2.96. The van der Waals surface area contributed by atoms with Crippen molar-refractivity contribution in [2.24, 2.45) is 11.0 Å². The van der Waals surface area contributed by atoms with Gasteiger partial charge >= 0.3 is 5.97 Å². The number of anilines is 1. The van der Waals surface area contributed by atoms with E-state index in [1.54, 1.807) is 0 Å². The second kappa shape index (κ2) is 6.04. The van der Waals surface area contributed by atoms with E-state index in [0.717, 1.165) is 11.9 Å². The van der Waals surface area contributed by atoms with Crippen LogP contribution in [0.1, 0.15) is 29.5 Å². The number of carbonyl (C=O) groups is 1. The maximum absolute atomic E-state index is 12.2. The monoisotopic (exact) mass is 312 g/mol. The maximum atomic E-state index is 12.2. The molecule has 1 unspecified atom stereocenters. The van der Waals surface area contributed by atoms with Crippen molar-refractivity contribution in [2.75, 3.05) is 5.43 Å². The van der Waals surface area contributed by atoms with E-state index in [9.17, 15) is 9.59 Å². The first-order valence-electron chi connectivity index (χ1n) is 7.30. The predicted molar refractivity (Wildman–Crippen MR) is 85.8 cm³/mol. The van der Waals surface area contributed by atoms with E-state index in [2.05, 4.69) is 15.5 Å². The molecule has 23 heavy (non-hydrogen) atoms. The van der Waals surface area contributed by atoms with Crippen LogP contribution >= 0.6 is 0 Å². The van der Waals surface area contributed by atoms with Crippen LogP contribution in [0.15, 0.2) is 46.4 Å². The topological polar surface area (TPSA) is 96.6 Å². The van der Waals surface area contributed by atoms with Gasteiger partial charge in [0.1, 0.15) is 11.3 Å². The molecule has 0 bridgehead atoms. The molecule has 3 rings (SSSR count). The number of carboxylic acids is 1. The average Bonchev–Trinajstić information content (AvgIpc) is 2.55. The fourth-order valence-electron chi connectivity index (χ4n) is 2.53. The quantitative estimate of drug-likeness (QED) is 0.842. The Morgan fingerprint density at radius 2 is 2.13 bits per heavy atom. The number of hydrazone groups is 1. The van der Waals surface area contributed by atoms with Crippen LogP contribution in [0, 0.1) is 5.92 Å². The van der Waals surface area contributed by atoms with E-state index >= 15 is 0 Å². The lowest BCUT2D eigenvalue weighted by Gasteiger charge is -2.24. The second-order valence-electron chi connectivity index (χ2n) is 5.42. The highest BCUT2D eigenvalue weighted by atomic mass is 16.4. The van der Waals surface area contributed by atoms with Crippen LogP contribution in [0.5, 0.6) is 0 Å². The minimum absolute atomic E-state index is 0.119. The Bertz CT molecular complexity index is 827. The Balaban J connectivity index is 2.02. The summed E-state index contributed by atoms with van der Waals surface area (Å²) >= 11 is 0. The Morgan fingerprint density at radius 1 is 1.39 bits per heavy atom. The van der Waals surface area contributed by atoms with Crippen molar-refractivity contribution in [3.05, 3.63) is 58.3 Å². The molecule has 0 spiro atoms. The zero-order valence-corrected chi connectivity index (χ0v) is 12.6. The third-order valence-electron chi connectivity index (χ3n) is 3.84. The van der Waals surface area contributed by atoms with Crippen LogP contribution in [0.4, 0.5) is 5.69 Å². The lowest BCUT2D eigenvalue weighted by Crippen LogP contribution is -2.38. The molecule has 7 nitrogen and oxygen atoms in total. The fraction of sp³-hybridized carbons (Fsp3) is 0.250. The van der Waals surface area contributed by atoms with E-state index in [-0.39, 0.29) is 11.5 Å². The van der Waals surface area contributed by atoms with Crippen molar-refractivity contribution in [1.29, 1.82) is 0 Å². The molecular weight excluding hydrogens is 296 g/mol. The normalized spacial score (nSPS) is 18.5. The number of nitrogens with zero attached hydrogens (tertiary/aromatic N) is 3. The van der Waals surface area contributed by atoms with Crippen LogP contribution in [0.3, 0.4) is 0 Å². The zero-order valence-electron chi connectivity index (χ0n) is 12.6. The molecule has 2 heterocycles. The number of hydrogen-bond donors (Lipinski definition) is 2. The zero-order chi connectivity index (χ0) is 16.4. The molecule has 2 N–H and O–H groups in total. The molecule has 0 saturated carbocycles. The largest absolute Gasteiger partial charge is 0.477 e. The van der Waals surface area contributed by atoms with Crippen molar-refractivity contribution >= 4 is 17.4 Å². The Kier molecular flexibility index (Phi) is 3.92. The van der Waals surface area contributed by atoms with Crippen LogP contribution < -0.4 is 11.0 Å². The molecule has 1 aromatic heterocycles. The standard InChI is InChI=1S/C16H16N4O3/c1-10-7-8-20-14(17-9-12(15(20)21)16(22)23)13(10)19-18-11-5-3-2-4-6-11/h2-6,9-10,18H,7-8H2,1H3,(H,22,23). The molecule has 1 atom stereocenters. The van der Waals surface area contributed by atoms with E-state index in [4.69, 9.17) is 5.11 Å². The molecule has 0 aliphatic carbocycles. The van der Waals surface area contributed by atoms with Gasteiger partial charge in [0.2, 0.25) is 0 Å². The number of aromatic carboxylic acids is 1. The molecule has 1 aliphatic heterocycles. The minimum atomic E-state index is -1.27. The summed E-state index contributed by atoms with van der Waals surface area (Å²) in [5.41, 5.74) is 3.57. The number of para-hydroxylation sites is 1. The molecular formula is C16H16N4O3.